The third-order valence-corrected chi connectivity index (χ3v) is 2.18. The summed E-state index contributed by atoms with van der Waals surface area (Å²) in [5.41, 5.74) is 6.07. The van der Waals surface area contributed by atoms with Crippen molar-refractivity contribution in [2.75, 3.05) is 6.61 Å². The van der Waals surface area contributed by atoms with Crippen molar-refractivity contribution in [2.45, 2.75) is 6.04 Å². The molecule has 15 heavy (non-hydrogen) atoms. The molecule has 0 spiro atoms. The van der Waals surface area contributed by atoms with Crippen LogP contribution in [-0.4, -0.2) is 22.8 Å². The van der Waals surface area contributed by atoms with Gasteiger partial charge >= 0.3 is 5.97 Å². The highest BCUT2D eigenvalue weighted by molar-refractivity contribution is 6.33. The first-order chi connectivity index (χ1) is 6.56. The van der Waals surface area contributed by atoms with Crippen molar-refractivity contribution in [3.63, 3.8) is 0 Å². The summed E-state index contributed by atoms with van der Waals surface area (Å²) in [5.74, 6) is -1.11. The molecule has 0 amide bonds. The van der Waals surface area contributed by atoms with Crippen LogP contribution in [0.1, 0.15) is 22.0 Å². The molecule has 0 fully saturated rings. The molecule has 0 bridgehead atoms. The first-order valence-electron chi connectivity index (χ1n) is 3.95. The lowest BCUT2D eigenvalue weighted by Gasteiger charge is -2.09. The van der Waals surface area contributed by atoms with E-state index in [1.54, 1.807) is 6.07 Å². The number of carboxylic acids is 1. The summed E-state index contributed by atoms with van der Waals surface area (Å²) >= 11 is 5.65. The van der Waals surface area contributed by atoms with Gasteiger partial charge in [-0.3, -0.25) is 0 Å². The molecular weight excluding hydrogens is 241 g/mol. The summed E-state index contributed by atoms with van der Waals surface area (Å²) in [6, 6.07) is 3.84. The summed E-state index contributed by atoms with van der Waals surface area (Å²) in [6.07, 6.45) is 0. The molecule has 1 aromatic carbocycles. The highest BCUT2D eigenvalue weighted by Crippen LogP contribution is 2.20. The van der Waals surface area contributed by atoms with E-state index in [1.165, 1.54) is 12.1 Å². The average Bonchev–Trinajstić information content (AvgIpc) is 2.17. The van der Waals surface area contributed by atoms with Crippen molar-refractivity contribution in [2.24, 2.45) is 5.73 Å². The number of aromatic carboxylic acids is 1. The molecule has 0 heterocycles. The number of hydrogen-bond donors (Lipinski definition) is 3. The Morgan fingerprint density at radius 2 is 2.13 bits per heavy atom. The van der Waals surface area contributed by atoms with Crippen molar-refractivity contribution >= 4 is 30.0 Å². The van der Waals surface area contributed by atoms with Crippen LogP contribution in [0.15, 0.2) is 18.2 Å². The maximum atomic E-state index is 10.7. The summed E-state index contributed by atoms with van der Waals surface area (Å²) in [4.78, 5) is 10.7. The number of carbonyl (C=O) groups is 1. The monoisotopic (exact) mass is 251 g/mol. The molecular formula is C9H11Cl2NO3. The molecule has 0 aliphatic rings. The van der Waals surface area contributed by atoms with Crippen LogP contribution >= 0.6 is 24.0 Å². The lowest BCUT2D eigenvalue weighted by molar-refractivity contribution is 0.0697. The van der Waals surface area contributed by atoms with Crippen molar-refractivity contribution < 1.29 is 15.0 Å². The fourth-order valence-electron chi connectivity index (χ4n) is 1.04. The van der Waals surface area contributed by atoms with E-state index < -0.39 is 12.0 Å². The molecule has 0 aliphatic heterocycles. The van der Waals surface area contributed by atoms with E-state index in [9.17, 15) is 4.79 Å². The Morgan fingerprint density at radius 1 is 1.53 bits per heavy atom. The van der Waals surface area contributed by atoms with Gasteiger partial charge in [0.2, 0.25) is 0 Å². The third kappa shape index (κ3) is 3.35. The second-order valence-electron chi connectivity index (χ2n) is 2.83. The van der Waals surface area contributed by atoms with Crippen LogP contribution in [0.3, 0.4) is 0 Å². The molecule has 0 aliphatic carbocycles. The van der Waals surface area contributed by atoms with Crippen LogP contribution in [0.25, 0.3) is 0 Å². The second-order valence-corrected chi connectivity index (χ2v) is 3.24. The molecule has 6 heteroatoms. The van der Waals surface area contributed by atoms with Gasteiger partial charge in [0.05, 0.1) is 23.2 Å². The number of carboxylic acid groups (broad SMARTS) is 1. The lowest BCUT2D eigenvalue weighted by atomic mass is 10.1. The number of nitrogens with two attached hydrogens (primary N) is 1. The predicted octanol–water partition coefficient (Wildman–Crippen LogP) is 1.45. The summed E-state index contributed by atoms with van der Waals surface area (Å²) in [5, 5.41) is 17.7. The first kappa shape index (κ1) is 14.2. The molecule has 84 valence electrons. The van der Waals surface area contributed by atoms with Crippen LogP contribution in [0.4, 0.5) is 0 Å². The van der Waals surface area contributed by atoms with E-state index >= 15 is 0 Å². The van der Waals surface area contributed by atoms with E-state index in [4.69, 9.17) is 27.5 Å². The van der Waals surface area contributed by atoms with E-state index in [1.807, 2.05) is 0 Å². The maximum absolute atomic E-state index is 10.7. The van der Waals surface area contributed by atoms with Gasteiger partial charge in [0, 0.05) is 0 Å². The Kier molecular flexibility index (Phi) is 5.60. The largest absolute Gasteiger partial charge is 0.478 e. The second kappa shape index (κ2) is 5.92. The summed E-state index contributed by atoms with van der Waals surface area (Å²) in [6.45, 7) is -0.235. The van der Waals surface area contributed by atoms with Crippen LogP contribution in [0.2, 0.25) is 5.02 Å². The van der Waals surface area contributed by atoms with Crippen molar-refractivity contribution in [3.8, 4) is 0 Å². The lowest BCUT2D eigenvalue weighted by Crippen LogP contribution is -2.15. The Bertz CT molecular complexity index is 357. The van der Waals surface area contributed by atoms with E-state index in [0.717, 1.165) is 0 Å². The Hall–Kier alpha value is -0.810. The van der Waals surface area contributed by atoms with Crippen LogP contribution in [0.5, 0.6) is 0 Å². The molecule has 1 rings (SSSR count). The highest BCUT2D eigenvalue weighted by Gasteiger charge is 2.12. The highest BCUT2D eigenvalue weighted by atomic mass is 35.5. The van der Waals surface area contributed by atoms with Gasteiger partial charge < -0.3 is 15.9 Å². The zero-order valence-corrected chi connectivity index (χ0v) is 9.26. The number of benzene rings is 1. The van der Waals surface area contributed by atoms with Gasteiger partial charge in [-0.1, -0.05) is 17.7 Å². The standard InChI is InChI=1S/C9H10ClNO3.ClH/c10-7-2-1-5(8(11)4-12)3-6(7)9(13)14;/h1-3,8,12H,4,11H2,(H,13,14);1H/t8-;/m1./s1. The molecule has 0 aromatic heterocycles. The normalized spacial score (nSPS) is 11.7. The summed E-state index contributed by atoms with van der Waals surface area (Å²) in [7, 11) is 0. The minimum absolute atomic E-state index is 0. The minimum Gasteiger partial charge on any atom is -0.478 e. The van der Waals surface area contributed by atoms with Gasteiger partial charge in [-0.25, -0.2) is 4.79 Å². The van der Waals surface area contributed by atoms with Gasteiger partial charge in [-0.15, -0.1) is 12.4 Å². The van der Waals surface area contributed by atoms with Gasteiger partial charge in [0.1, 0.15) is 0 Å². The predicted molar refractivity (Wildman–Crippen MR) is 59.7 cm³/mol. The average molecular weight is 252 g/mol. The first-order valence-corrected chi connectivity index (χ1v) is 4.33. The van der Waals surface area contributed by atoms with Crippen molar-refractivity contribution in [1.82, 2.24) is 0 Å². The Labute approximate surface area is 98.1 Å². The SMILES string of the molecule is Cl.N[C@H](CO)c1ccc(Cl)c(C(=O)O)c1. The number of aliphatic hydroxyl groups excluding tert-OH is 1. The molecule has 4 nitrogen and oxygen atoms in total. The molecule has 1 atom stereocenters. The molecule has 0 saturated heterocycles. The fourth-order valence-corrected chi connectivity index (χ4v) is 1.24. The Morgan fingerprint density at radius 3 is 2.60 bits per heavy atom. The summed E-state index contributed by atoms with van der Waals surface area (Å²) < 4.78 is 0. The van der Waals surface area contributed by atoms with Gasteiger partial charge in [0.15, 0.2) is 0 Å². The van der Waals surface area contributed by atoms with Crippen LogP contribution < -0.4 is 5.73 Å². The van der Waals surface area contributed by atoms with Crippen molar-refractivity contribution in [3.05, 3.63) is 34.3 Å². The molecule has 0 radical (unpaired) electrons. The third-order valence-electron chi connectivity index (χ3n) is 1.85. The smallest absolute Gasteiger partial charge is 0.337 e. The number of aliphatic hydroxyl groups is 1. The van der Waals surface area contributed by atoms with Crippen molar-refractivity contribution in [1.29, 1.82) is 0 Å². The van der Waals surface area contributed by atoms with Gasteiger partial charge in [-0.05, 0) is 17.7 Å². The van der Waals surface area contributed by atoms with Crippen LogP contribution in [0, 0.1) is 0 Å². The van der Waals surface area contributed by atoms with E-state index in [-0.39, 0.29) is 29.6 Å². The maximum Gasteiger partial charge on any atom is 0.337 e. The fraction of sp³-hybridized carbons (Fsp3) is 0.222. The minimum atomic E-state index is -1.11. The zero-order chi connectivity index (χ0) is 10.7. The zero-order valence-electron chi connectivity index (χ0n) is 7.68. The molecule has 4 N–H and O–H groups in total. The Balaban J connectivity index is 0.00000196. The quantitative estimate of drug-likeness (QED) is 0.760. The van der Waals surface area contributed by atoms with E-state index in [0.29, 0.717) is 5.56 Å². The van der Waals surface area contributed by atoms with E-state index in [2.05, 4.69) is 0 Å². The van der Waals surface area contributed by atoms with Gasteiger partial charge in [0.25, 0.3) is 0 Å². The number of halogens is 2. The topological polar surface area (TPSA) is 83.5 Å². The molecule has 0 saturated carbocycles. The van der Waals surface area contributed by atoms with Crippen LogP contribution in [-0.2, 0) is 0 Å². The number of hydrogen-bond acceptors (Lipinski definition) is 3. The molecule has 1 aromatic rings. The number of rotatable bonds is 3. The van der Waals surface area contributed by atoms with Gasteiger partial charge in [-0.2, -0.15) is 0 Å². The molecule has 0 unspecified atom stereocenters.